The zero-order chi connectivity index (χ0) is 14.1. The quantitative estimate of drug-likeness (QED) is 0.915. The molecule has 1 aromatic rings. The van der Waals surface area contributed by atoms with Crippen LogP contribution in [0.25, 0.3) is 0 Å². The van der Waals surface area contributed by atoms with E-state index in [4.69, 9.17) is 11.6 Å². The highest BCUT2D eigenvalue weighted by Crippen LogP contribution is 2.26. The summed E-state index contributed by atoms with van der Waals surface area (Å²) in [5.74, 6) is 1.68. The Bertz CT molecular complexity index is 481. The molecule has 2 unspecified atom stereocenters. The molecule has 2 saturated heterocycles. The molecule has 0 aliphatic carbocycles. The number of rotatable bonds is 4. The van der Waals surface area contributed by atoms with Gasteiger partial charge in [-0.2, -0.15) is 0 Å². The molecule has 4 nitrogen and oxygen atoms in total. The lowest BCUT2D eigenvalue weighted by Crippen LogP contribution is -2.38. The van der Waals surface area contributed by atoms with Gasteiger partial charge in [-0.1, -0.05) is 11.6 Å². The van der Waals surface area contributed by atoms with Crippen LogP contribution in [0.1, 0.15) is 4.88 Å². The lowest BCUT2D eigenvalue weighted by molar-refractivity contribution is -0.131. The van der Waals surface area contributed by atoms with E-state index in [1.165, 1.54) is 11.3 Å². The molecule has 2 atom stereocenters. The van der Waals surface area contributed by atoms with Crippen LogP contribution < -0.4 is 5.32 Å². The van der Waals surface area contributed by atoms with Gasteiger partial charge in [0.05, 0.1) is 17.4 Å². The maximum atomic E-state index is 12.3. The van der Waals surface area contributed by atoms with Crippen molar-refractivity contribution in [2.45, 2.75) is 6.54 Å². The van der Waals surface area contributed by atoms with Crippen molar-refractivity contribution in [3.63, 3.8) is 0 Å². The summed E-state index contributed by atoms with van der Waals surface area (Å²) in [7, 11) is 1.87. The summed E-state index contributed by atoms with van der Waals surface area (Å²) in [5, 5.41) is 3.42. The van der Waals surface area contributed by atoms with Crippen molar-refractivity contribution < 1.29 is 4.79 Å². The highest BCUT2D eigenvalue weighted by atomic mass is 35.5. The Hall–Kier alpha value is -0.620. The molecule has 3 rings (SSSR count). The minimum Gasteiger partial charge on any atom is -0.340 e. The van der Waals surface area contributed by atoms with Gasteiger partial charge in [0.15, 0.2) is 0 Å². The first-order valence-corrected chi connectivity index (χ1v) is 8.22. The number of nitrogens with one attached hydrogen (secondary N) is 1. The van der Waals surface area contributed by atoms with Gasteiger partial charge in [0.2, 0.25) is 5.91 Å². The number of thiophene rings is 1. The van der Waals surface area contributed by atoms with E-state index in [2.05, 4.69) is 10.2 Å². The third-order valence-electron chi connectivity index (χ3n) is 4.27. The Labute approximate surface area is 128 Å². The summed E-state index contributed by atoms with van der Waals surface area (Å²) in [4.78, 5) is 17.5. The van der Waals surface area contributed by atoms with E-state index in [9.17, 15) is 4.79 Å². The predicted octanol–water partition coefficient (Wildman–Crippen LogP) is 1.51. The lowest BCUT2D eigenvalue weighted by Gasteiger charge is -2.21. The number of hydrogen-bond acceptors (Lipinski definition) is 4. The number of nitrogens with zero attached hydrogens (tertiary/aromatic N) is 2. The molecule has 110 valence electrons. The van der Waals surface area contributed by atoms with Gasteiger partial charge in [-0.05, 0) is 37.1 Å². The summed E-state index contributed by atoms with van der Waals surface area (Å²) < 4.78 is 0.778. The smallest absolute Gasteiger partial charge is 0.236 e. The van der Waals surface area contributed by atoms with Gasteiger partial charge in [-0.25, -0.2) is 0 Å². The number of fused-ring (bicyclic) bond motifs is 1. The average Bonchev–Trinajstić information content (AvgIpc) is 3.05. The van der Waals surface area contributed by atoms with Crippen LogP contribution in [-0.2, 0) is 11.3 Å². The van der Waals surface area contributed by atoms with E-state index in [1.807, 2.05) is 19.2 Å². The molecule has 0 radical (unpaired) electrons. The Balaban J connectivity index is 1.49. The van der Waals surface area contributed by atoms with Crippen LogP contribution in [0.2, 0.25) is 4.34 Å². The number of carbonyl (C=O) groups is 1. The number of carbonyl (C=O) groups excluding carboxylic acids is 1. The highest BCUT2D eigenvalue weighted by molar-refractivity contribution is 7.16. The van der Waals surface area contributed by atoms with Crippen LogP contribution in [-0.4, -0.2) is 55.5 Å². The van der Waals surface area contributed by atoms with Crippen LogP contribution in [0, 0.1) is 11.8 Å². The van der Waals surface area contributed by atoms with E-state index >= 15 is 0 Å². The second-order valence-corrected chi connectivity index (χ2v) is 7.63. The molecule has 0 aromatic carbocycles. The summed E-state index contributed by atoms with van der Waals surface area (Å²) in [6.45, 7) is 5.53. The second-order valence-electron chi connectivity index (χ2n) is 5.83. The number of likely N-dealkylation sites (tertiary alicyclic amines) is 1. The molecule has 6 heteroatoms. The molecular weight excluding hydrogens is 294 g/mol. The van der Waals surface area contributed by atoms with Crippen molar-refractivity contribution in [2.24, 2.45) is 11.8 Å². The zero-order valence-corrected chi connectivity index (χ0v) is 13.2. The SMILES string of the molecule is CN(Cc1ccc(Cl)s1)C(=O)CN1CC2CNCC2C1. The number of likely N-dealkylation sites (N-methyl/N-ethyl adjacent to an activating group) is 1. The molecule has 2 aliphatic rings. The molecule has 1 N–H and O–H groups in total. The Kier molecular flexibility index (Phi) is 4.31. The summed E-state index contributed by atoms with van der Waals surface area (Å²) in [6.07, 6.45) is 0. The largest absolute Gasteiger partial charge is 0.340 e. The van der Waals surface area contributed by atoms with Crippen LogP contribution in [0.4, 0.5) is 0 Å². The van der Waals surface area contributed by atoms with Crippen LogP contribution in [0.5, 0.6) is 0 Å². The van der Waals surface area contributed by atoms with Gasteiger partial charge >= 0.3 is 0 Å². The third kappa shape index (κ3) is 3.17. The normalized spacial score (nSPS) is 25.9. The van der Waals surface area contributed by atoms with E-state index in [1.54, 1.807) is 4.90 Å². The first-order valence-electron chi connectivity index (χ1n) is 7.03. The van der Waals surface area contributed by atoms with E-state index in [0.717, 1.165) is 47.2 Å². The van der Waals surface area contributed by atoms with Crippen LogP contribution in [0.15, 0.2) is 12.1 Å². The lowest BCUT2D eigenvalue weighted by atomic mass is 10.0. The highest BCUT2D eigenvalue weighted by Gasteiger charge is 2.36. The minimum atomic E-state index is 0.197. The first kappa shape index (κ1) is 14.3. The van der Waals surface area contributed by atoms with E-state index in [0.29, 0.717) is 13.1 Å². The predicted molar refractivity (Wildman–Crippen MR) is 82.1 cm³/mol. The van der Waals surface area contributed by atoms with Crippen molar-refractivity contribution in [1.29, 1.82) is 0 Å². The van der Waals surface area contributed by atoms with Gasteiger partial charge < -0.3 is 10.2 Å². The molecule has 2 aliphatic heterocycles. The molecular formula is C14H20ClN3OS. The molecule has 0 saturated carbocycles. The zero-order valence-electron chi connectivity index (χ0n) is 11.6. The van der Waals surface area contributed by atoms with E-state index < -0.39 is 0 Å². The number of halogens is 1. The topological polar surface area (TPSA) is 35.6 Å². The third-order valence-corrected chi connectivity index (χ3v) is 5.49. The summed E-state index contributed by atoms with van der Waals surface area (Å²) in [6, 6.07) is 3.87. The molecule has 1 aromatic heterocycles. The van der Waals surface area contributed by atoms with Crippen molar-refractivity contribution >= 4 is 28.8 Å². The fourth-order valence-corrected chi connectivity index (χ4v) is 4.29. The van der Waals surface area contributed by atoms with E-state index in [-0.39, 0.29) is 5.91 Å². The van der Waals surface area contributed by atoms with Crippen molar-refractivity contribution in [3.05, 3.63) is 21.3 Å². The number of hydrogen-bond donors (Lipinski definition) is 1. The van der Waals surface area contributed by atoms with Gasteiger partial charge in [0.1, 0.15) is 0 Å². The van der Waals surface area contributed by atoms with Gasteiger partial charge in [-0.15, -0.1) is 11.3 Å². The number of amides is 1. The van der Waals surface area contributed by atoms with Gasteiger partial charge in [-0.3, -0.25) is 9.69 Å². The van der Waals surface area contributed by atoms with Gasteiger partial charge in [0.25, 0.3) is 0 Å². The van der Waals surface area contributed by atoms with Crippen LogP contribution in [0.3, 0.4) is 0 Å². The average molecular weight is 314 g/mol. The molecule has 0 bridgehead atoms. The molecule has 20 heavy (non-hydrogen) atoms. The second kappa shape index (κ2) is 6.02. The molecule has 0 spiro atoms. The standard InChI is InChI=1S/C14H20ClN3OS/c1-17(8-12-2-3-13(15)20-12)14(19)9-18-6-10-4-16-5-11(10)7-18/h2-3,10-11,16H,4-9H2,1H3. The fraction of sp³-hybridized carbons (Fsp3) is 0.643. The first-order chi connectivity index (χ1) is 9.61. The molecule has 2 fully saturated rings. The van der Waals surface area contributed by atoms with Crippen LogP contribution >= 0.6 is 22.9 Å². The Morgan fingerprint density at radius 1 is 1.45 bits per heavy atom. The maximum absolute atomic E-state index is 12.3. The van der Waals surface area contributed by atoms with Crippen molar-refractivity contribution in [3.8, 4) is 0 Å². The monoisotopic (exact) mass is 313 g/mol. The molecule has 1 amide bonds. The Morgan fingerprint density at radius 2 is 2.15 bits per heavy atom. The fourth-order valence-electron chi connectivity index (χ4n) is 3.15. The summed E-state index contributed by atoms with van der Waals surface area (Å²) in [5.41, 5.74) is 0. The minimum absolute atomic E-state index is 0.197. The van der Waals surface area contributed by atoms with Crippen molar-refractivity contribution in [2.75, 3.05) is 39.8 Å². The van der Waals surface area contributed by atoms with Crippen molar-refractivity contribution in [1.82, 2.24) is 15.1 Å². The molecule has 3 heterocycles. The summed E-state index contributed by atoms with van der Waals surface area (Å²) >= 11 is 7.46. The Morgan fingerprint density at radius 3 is 2.75 bits per heavy atom. The maximum Gasteiger partial charge on any atom is 0.236 e. The van der Waals surface area contributed by atoms with Gasteiger partial charge in [0, 0.05) is 25.0 Å².